The molecule has 3 rings (SSSR count). The van der Waals surface area contributed by atoms with E-state index in [4.69, 9.17) is 5.73 Å². The van der Waals surface area contributed by atoms with Gasteiger partial charge in [-0.1, -0.05) is 6.07 Å². The quantitative estimate of drug-likeness (QED) is 0.839. The van der Waals surface area contributed by atoms with E-state index in [0.29, 0.717) is 23.2 Å². The van der Waals surface area contributed by atoms with E-state index in [1.54, 1.807) is 30.5 Å². The lowest BCUT2D eigenvalue weighted by atomic mass is 10.2. The van der Waals surface area contributed by atoms with Gasteiger partial charge in [0.15, 0.2) is 0 Å². The van der Waals surface area contributed by atoms with E-state index in [0.717, 1.165) is 5.82 Å². The van der Waals surface area contributed by atoms with Crippen molar-refractivity contribution in [2.45, 2.75) is 25.8 Å². The average molecular weight is 270 g/mol. The summed E-state index contributed by atoms with van der Waals surface area (Å²) in [6, 6.07) is 9.09. The lowest BCUT2D eigenvalue weighted by Crippen LogP contribution is -2.18. The monoisotopic (exact) mass is 270 g/mol. The van der Waals surface area contributed by atoms with Gasteiger partial charge in [-0.15, -0.1) is 0 Å². The van der Waals surface area contributed by atoms with E-state index in [1.807, 2.05) is 10.7 Å². The SMILES string of the molecule is CC(C1CC1)n1nccc1NC(=O)c1cccc(N)c1. The number of nitrogens with two attached hydrogens (primary N) is 1. The maximum absolute atomic E-state index is 12.2. The van der Waals surface area contributed by atoms with Gasteiger partial charge in [-0.25, -0.2) is 4.68 Å². The number of hydrogen-bond acceptors (Lipinski definition) is 3. The van der Waals surface area contributed by atoms with Gasteiger partial charge in [0.25, 0.3) is 5.91 Å². The van der Waals surface area contributed by atoms with Crippen LogP contribution in [0, 0.1) is 5.92 Å². The van der Waals surface area contributed by atoms with Crippen LogP contribution in [-0.4, -0.2) is 15.7 Å². The molecule has 1 aliphatic carbocycles. The highest BCUT2D eigenvalue weighted by Crippen LogP contribution is 2.40. The standard InChI is InChI=1S/C15H18N4O/c1-10(11-5-6-11)19-14(7-8-17-19)18-15(20)12-3-2-4-13(16)9-12/h2-4,7-11H,5-6,16H2,1H3,(H,18,20). The highest BCUT2D eigenvalue weighted by Gasteiger charge is 2.30. The van der Waals surface area contributed by atoms with Crippen LogP contribution in [0.4, 0.5) is 11.5 Å². The van der Waals surface area contributed by atoms with Crippen molar-refractivity contribution in [1.29, 1.82) is 0 Å². The van der Waals surface area contributed by atoms with Crippen LogP contribution in [0.3, 0.4) is 0 Å². The van der Waals surface area contributed by atoms with Gasteiger partial charge in [-0.3, -0.25) is 4.79 Å². The van der Waals surface area contributed by atoms with Crippen molar-refractivity contribution in [2.24, 2.45) is 5.92 Å². The predicted molar refractivity (Wildman–Crippen MR) is 78.5 cm³/mol. The molecule has 1 saturated carbocycles. The van der Waals surface area contributed by atoms with Crippen LogP contribution in [0.2, 0.25) is 0 Å². The third-order valence-electron chi connectivity index (χ3n) is 3.75. The second-order valence-corrected chi connectivity index (χ2v) is 5.32. The molecule has 5 nitrogen and oxygen atoms in total. The van der Waals surface area contributed by atoms with Gasteiger partial charge in [0.2, 0.25) is 0 Å². The van der Waals surface area contributed by atoms with Crippen LogP contribution >= 0.6 is 0 Å². The fourth-order valence-electron chi connectivity index (χ4n) is 2.38. The number of carbonyl (C=O) groups is 1. The van der Waals surface area contributed by atoms with Crippen molar-refractivity contribution in [3.8, 4) is 0 Å². The summed E-state index contributed by atoms with van der Waals surface area (Å²) >= 11 is 0. The second-order valence-electron chi connectivity index (χ2n) is 5.32. The van der Waals surface area contributed by atoms with Gasteiger partial charge in [-0.2, -0.15) is 5.10 Å². The van der Waals surface area contributed by atoms with E-state index in [1.165, 1.54) is 12.8 Å². The van der Waals surface area contributed by atoms with Gasteiger partial charge >= 0.3 is 0 Å². The van der Waals surface area contributed by atoms with Gasteiger partial charge in [0.05, 0.1) is 12.2 Å². The first-order valence-corrected chi connectivity index (χ1v) is 6.85. The molecule has 3 N–H and O–H groups in total. The highest BCUT2D eigenvalue weighted by atomic mass is 16.1. The Kier molecular flexibility index (Phi) is 3.18. The number of carbonyl (C=O) groups excluding carboxylic acids is 1. The van der Waals surface area contributed by atoms with Crippen LogP contribution in [0.1, 0.15) is 36.2 Å². The number of anilines is 2. The molecule has 20 heavy (non-hydrogen) atoms. The minimum absolute atomic E-state index is 0.165. The molecule has 0 saturated heterocycles. The first-order valence-electron chi connectivity index (χ1n) is 6.85. The number of hydrogen-bond donors (Lipinski definition) is 2. The Bertz CT molecular complexity index is 630. The summed E-state index contributed by atoms with van der Waals surface area (Å²) in [5.74, 6) is 1.25. The van der Waals surface area contributed by atoms with E-state index in [2.05, 4.69) is 17.3 Å². The van der Waals surface area contributed by atoms with Crippen molar-refractivity contribution in [3.63, 3.8) is 0 Å². The van der Waals surface area contributed by atoms with Crippen molar-refractivity contribution < 1.29 is 4.79 Å². The van der Waals surface area contributed by atoms with Crippen molar-refractivity contribution in [2.75, 3.05) is 11.1 Å². The van der Waals surface area contributed by atoms with E-state index in [9.17, 15) is 4.79 Å². The highest BCUT2D eigenvalue weighted by molar-refractivity contribution is 6.04. The van der Waals surface area contributed by atoms with Gasteiger partial charge < -0.3 is 11.1 Å². The molecule has 1 amide bonds. The van der Waals surface area contributed by atoms with Gasteiger partial charge in [0.1, 0.15) is 5.82 Å². The lowest BCUT2D eigenvalue weighted by molar-refractivity contribution is 0.102. The summed E-state index contributed by atoms with van der Waals surface area (Å²) in [5, 5.41) is 7.22. The Labute approximate surface area is 117 Å². The maximum atomic E-state index is 12.2. The fraction of sp³-hybridized carbons (Fsp3) is 0.333. The molecule has 0 bridgehead atoms. The number of aromatic nitrogens is 2. The maximum Gasteiger partial charge on any atom is 0.256 e. The molecule has 2 aromatic rings. The predicted octanol–water partition coefficient (Wildman–Crippen LogP) is 2.69. The summed E-state index contributed by atoms with van der Waals surface area (Å²) < 4.78 is 1.89. The number of amides is 1. The number of nitrogen functional groups attached to an aromatic ring is 1. The third kappa shape index (κ3) is 2.52. The van der Waals surface area contributed by atoms with E-state index in [-0.39, 0.29) is 5.91 Å². The zero-order chi connectivity index (χ0) is 14.1. The molecule has 1 aliphatic rings. The lowest BCUT2D eigenvalue weighted by Gasteiger charge is -2.15. The summed E-state index contributed by atoms with van der Waals surface area (Å²) in [5.41, 5.74) is 6.83. The molecule has 0 radical (unpaired) electrons. The smallest absolute Gasteiger partial charge is 0.256 e. The number of nitrogens with zero attached hydrogens (tertiary/aromatic N) is 2. The Morgan fingerprint density at radius 2 is 2.25 bits per heavy atom. The van der Waals surface area contributed by atoms with Gasteiger partial charge in [0, 0.05) is 17.3 Å². The van der Waals surface area contributed by atoms with Crippen LogP contribution in [0.5, 0.6) is 0 Å². The first-order chi connectivity index (χ1) is 9.65. The Hall–Kier alpha value is -2.30. The van der Waals surface area contributed by atoms with Crippen LogP contribution in [0.15, 0.2) is 36.5 Å². The summed E-state index contributed by atoms with van der Waals surface area (Å²) in [7, 11) is 0. The molecule has 5 heteroatoms. The summed E-state index contributed by atoms with van der Waals surface area (Å²) in [6.07, 6.45) is 4.20. The Balaban J connectivity index is 1.78. The largest absolute Gasteiger partial charge is 0.399 e. The molecular weight excluding hydrogens is 252 g/mol. The minimum atomic E-state index is -0.165. The molecule has 1 aromatic heterocycles. The second kappa shape index (κ2) is 5.00. The van der Waals surface area contributed by atoms with Crippen molar-refractivity contribution in [3.05, 3.63) is 42.1 Å². The van der Waals surface area contributed by atoms with E-state index >= 15 is 0 Å². The Morgan fingerprint density at radius 3 is 2.95 bits per heavy atom. The number of rotatable bonds is 4. The average Bonchev–Trinajstić information content (AvgIpc) is 3.18. The topological polar surface area (TPSA) is 72.9 Å². The fourth-order valence-corrected chi connectivity index (χ4v) is 2.38. The molecule has 1 atom stereocenters. The van der Waals surface area contributed by atoms with E-state index < -0.39 is 0 Å². The first kappa shape index (κ1) is 12.7. The van der Waals surface area contributed by atoms with Crippen LogP contribution in [0.25, 0.3) is 0 Å². The molecule has 1 heterocycles. The molecule has 104 valence electrons. The Morgan fingerprint density at radius 1 is 1.45 bits per heavy atom. The molecule has 1 fully saturated rings. The zero-order valence-electron chi connectivity index (χ0n) is 11.4. The molecule has 1 aromatic carbocycles. The van der Waals surface area contributed by atoms with Crippen molar-refractivity contribution in [1.82, 2.24) is 9.78 Å². The van der Waals surface area contributed by atoms with Crippen LogP contribution < -0.4 is 11.1 Å². The van der Waals surface area contributed by atoms with Crippen LogP contribution in [-0.2, 0) is 0 Å². The zero-order valence-corrected chi connectivity index (χ0v) is 11.4. The third-order valence-corrected chi connectivity index (χ3v) is 3.75. The van der Waals surface area contributed by atoms with Crippen molar-refractivity contribution >= 4 is 17.4 Å². The normalized spacial score (nSPS) is 15.8. The molecule has 1 unspecified atom stereocenters. The molecular formula is C15H18N4O. The summed E-state index contributed by atoms with van der Waals surface area (Å²) in [4.78, 5) is 12.2. The minimum Gasteiger partial charge on any atom is -0.399 e. The summed E-state index contributed by atoms with van der Waals surface area (Å²) in [6.45, 7) is 2.14. The molecule has 0 spiro atoms. The number of benzene rings is 1. The number of nitrogens with one attached hydrogen (secondary N) is 1. The van der Waals surface area contributed by atoms with Gasteiger partial charge in [-0.05, 0) is 43.9 Å². The molecule has 0 aliphatic heterocycles.